The van der Waals surface area contributed by atoms with Crippen molar-refractivity contribution in [3.05, 3.63) is 63.9 Å². The molecule has 0 aliphatic carbocycles. The SMILES string of the molecule is COc1cccc2c(C)cc(=O)n(CC(=O)c3ccc4c(c3)N(C)C(=O)CO4)c12. The minimum atomic E-state index is -0.276. The van der Waals surface area contributed by atoms with Gasteiger partial charge in [0, 0.05) is 24.1 Å². The molecule has 0 unspecified atom stereocenters. The first-order chi connectivity index (χ1) is 13.9. The highest BCUT2D eigenvalue weighted by molar-refractivity contribution is 6.02. The van der Waals surface area contributed by atoms with Crippen LogP contribution in [-0.2, 0) is 11.3 Å². The van der Waals surface area contributed by atoms with Crippen LogP contribution in [0.15, 0.2) is 47.3 Å². The molecule has 1 aromatic heterocycles. The summed E-state index contributed by atoms with van der Waals surface area (Å²) in [7, 11) is 3.17. The van der Waals surface area contributed by atoms with Gasteiger partial charge in [0.25, 0.3) is 11.5 Å². The van der Waals surface area contributed by atoms with E-state index in [2.05, 4.69) is 0 Å². The van der Waals surface area contributed by atoms with E-state index in [1.165, 1.54) is 22.6 Å². The number of methoxy groups -OCH3 is 1. The van der Waals surface area contributed by atoms with E-state index in [-0.39, 0.29) is 30.4 Å². The number of hydrogen-bond acceptors (Lipinski definition) is 5. The number of ether oxygens (including phenoxy) is 2. The second kappa shape index (κ2) is 7.09. The van der Waals surface area contributed by atoms with Crippen LogP contribution in [0.3, 0.4) is 0 Å². The number of Topliss-reactive ketones (excluding diaryl/α,β-unsaturated/α-hetero) is 1. The summed E-state index contributed by atoms with van der Waals surface area (Å²) < 4.78 is 12.3. The number of ketones is 1. The van der Waals surface area contributed by atoms with Crippen LogP contribution in [0.4, 0.5) is 5.69 Å². The van der Waals surface area contributed by atoms with Gasteiger partial charge in [-0.1, -0.05) is 12.1 Å². The van der Waals surface area contributed by atoms with Crippen LogP contribution >= 0.6 is 0 Å². The topological polar surface area (TPSA) is 77.8 Å². The molecule has 1 amide bonds. The van der Waals surface area contributed by atoms with Gasteiger partial charge in [-0.15, -0.1) is 0 Å². The Morgan fingerprint density at radius 1 is 1.17 bits per heavy atom. The number of anilines is 1. The molecule has 148 valence electrons. The Morgan fingerprint density at radius 3 is 2.72 bits per heavy atom. The third kappa shape index (κ3) is 3.14. The first-order valence-corrected chi connectivity index (χ1v) is 9.14. The second-order valence-corrected chi connectivity index (χ2v) is 6.96. The maximum Gasteiger partial charge on any atom is 0.264 e. The summed E-state index contributed by atoms with van der Waals surface area (Å²) in [6, 6.07) is 12.0. The van der Waals surface area contributed by atoms with E-state index in [0.717, 1.165) is 10.9 Å². The van der Waals surface area contributed by atoms with E-state index in [1.807, 2.05) is 19.1 Å². The number of hydrogen-bond donors (Lipinski definition) is 0. The van der Waals surface area contributed by atoms with Gasteiger partial charge in [0.1, 0.15) is 11.5 Å². The minimum absolute atomic E-state index is 0.0265. The van der Waals surface area contributed by atoms with Crippen molar-refractivity contribution >= 4 is 28.3 Å². The van der Waals surface area contributed by atoms with Crippen LogP contribution in [0.25, 0.3) is 10.9 Å². The van der Waals surface area contributed by atoms with E-state index in [9.17, 15) is 14.4 Å². The second-order valence-electron chi connectivity index (χ2n) is 6.96. The van der Waals surface area contributed by atoms with Crippen molar-refractivity contribution in [1.29, 1.82) is 0 Å². The first kappa shape index (κ1) is 18.7. The average Bonchev–Trinajstić information content (AvgIpc) is 2.73. The third-order valence-electron chi connectivity index (χ3n) is 5.19. The van der Waals surface area contributed by atoms with Crippen LogP contribution in [0, 0.1) is 6.92 Å². The molecule has 0 saturated heterocycles. The Hall–Kier alpha value is -3.61. The van der Waals surface area contributed by atoms with E-state index < -0.39 is 0 Å². The molecular formula is C22H20N2O5. The lowest BCUT2D eigenvalue weighted by Gasteiger charge is -2.26. The van der Waals surface area contributed by atoms with Gasteiger partial charge >= 0.3 is 0 Å². The molecule has 0 saturated carbocycles. The number of para-hydroxylation sites is 1. The highest BCUT2D eigenvalue weighted by Gasteiger charge is 2.24. The maximum atomic E-state index is 13.0. The molecule has 0 fully saturated rings. The zero-order valence-corrected chi connectivity index (χ0v) is 16.4. The molecule has 0 atom stereocenters. The van der Waals surface area contributed by atoms with Crippen LogP contribution < -0.4 is 19.9 Å². The molecule has 0 N–H and O–H groups in total. The van der Waals surface area contributed by atoms with Gasteiger partial charge in [-0.2, -0.15) is 0 Å². The fourth-order valence-corrected chi connectivity index (χ4v) is 3.57. The summed E-state index contributed by atoms with van der Waals surface area (Å²) in [5.74, 6) is 0.633. The van der Waals surface area contributed by atoms with Gasteiger partial charge in [0.15, 0.2) is 12.4 Å². The summed E-state index contributed by atoms with van der Waals surface area (Å²) in [5, 5.41) is 0.848. The number of carbonyl (C=O) groups excluding carboxylic acids is 2. The number of likely N-dealkylation sites (N-methyl/N-ethyl adjacent to an activating group) is 1. The monoisotopic (exact) mass is 392 g/mol. The number of rotatable bonds is 4. The molecule has 29 heavy (non-hydrogen) atoms. The number of nitrogens with zero attached hydrogens (tertiary/aromatic N) is 2. The zero-order valence-electron chi connectivity index (χ0n) is 16.4. The molecule has 0 bridgehead atoms. The van der Waals surface area contributed by atoms with E-state index in [0.29, 0.717) is 28.3 Å². The van der Waals surface area contributed by atoms with Crippen molar-refractivity contribution < 1.29 is 19.1 Å². The van der Waals surface area contributed by atoms with Crippen molar-refractivity contribution in [2.75, 3.05) is 25.7 Å². The summed E-state index contributed by atoms with van der Waals surface area (Å²) in [5.41, 5.74) is 2.05. The highest BCUT2D eigenvalue weighted by atomic mass is 16.5. The lowest BCUT2D eigenvalue weighted by atomic mass is 10.1. The number of fused-ring (bicyclic) bond motifs is 2. The molecule has 0 spiro atoms. The Kier molecular flexibility index (Phi) is 4.58. The van der Waals surface area contributed by atoms with Gasteiger partial charge in [-0.05, 0) is 36.8 Å². The molecule has 3 aromatic rings. The van der Waals surface area contributed by atoms with Gasteiger partial charge in [0.2, 0.25) is 0 Å². The number of aryl methyl sites for hydroxylation is 1. The lowest BCUT2D eigenvalue weighted by Crippen LogP contribution is -2.35. The third-order valence-corrected chi connectivity index (χ3v) is 5.19. The predicted octanol–water partition coefficient (Wildman–Crippen LogP) is 2.56. The van der Waals surface area contributed by atoms with Crippen molar-refractivity contribution in [2.24, 2.45) is 0 Å². The predicted molar refractivity (Wildman–Crippen MR) is 109 cm³/mol. The standard InChI is InChI=1S/C22H20N2O5/c1-13-9-20(26)24(22-15(13)5-4-6-19(22)28-3)11-17(25)14-7-8-18-16(10-14)23(2)21(27)12-29-18/h4-10H,11-12H2,1-3H3. The van der Waals surface area contributed by atoms with Crippen molar-refractivity contribution in [3.8, 4) is 11.5 Å². The Balaban J connectivity index is 1.78. The Bertz CT molecular complexity index is 1210. The number of carbonyl (C=O) groups is 2. The average molecular weight is 392 g/mol. The molecule has 0 radical (unpaired) electrons. The molecule has 7 nitrogen and oxygen atoms in total. The smallest absolute Gasteiger partial charge is 0.264 e. The molecule has 1 aliphatic heterocycles. The van der Waals surface area contributed by atoms with Crippen molar-refractivity contribution in [1.82, 2.24) is 4.57 Å². The van der Waals surface area contributed by atoms with Crippen LogP contribution in [-0.4, -0.2) is 37.0 Å². The van der Waals surface area contributed by atoms with Gasteiger partial charge in [0.05, 0.1) is 24.9 Å². The summed E-state index contributed by atoms with van der Waals surface area (Å²) in [4.78, 5) is 39.1. The van der Waals surface area contributed by atoms with Crippen molar-refractivity contribution in [2.45, 2.75) is 13.5 Å². The number of pyridine rings is 1. The largest absolute Gasteiger partial charge is 0.495 e. The Morgan fingerprint density at radius 2 is 1.97 bits per heavy atom. The van der Waals surface area contributed by atoms with Crippen LogP contribution in [0.5, 0.6) is 11.5 Å². The van der Waals surface area contributed by atoms with E-state index >= 15 is 0 Å². The first-order valence-electron chi connectivity index (χ1n) is 9.14. The molecule has 4 rings (SSSR count). The highest BCUT2D eigenvalue weighted by Crippen LogP contribution is 2.32. The van der Waals surface area contributed by atoms with E-state index in [4.69, 9.17) is 9.47 Å². The van der Waals surface area contributed by atoms with E-state index in [1.54, 1.807) is 31.3 Å². The molecule has 2 heterocycles. The summed E-state index contributed by atoms with van der Waals surface area (Å²) in [6.45, 7) is 1.68. The van der Waals surface area contributed by atoms with Crippen LogP contribution in [0.2, 0.25) is 0 Å². The summed E-state index contributed by atoms with van der Waals surface area (Å²) in [6.07, 6.45) is 0. The minimum Gasteiger partial charge on any atom is -0.495 e. The quantitative estimate of drug-likeness (QED) is 0.638. The zero-order chi connectivity index (χ0) is 20.7. The van der Waals surface area contributed by atoms with Crippen LogP contribution in [0.1, 0.15) is 15.9 Å². The number of benzene rings is 2. The van der Waals surface area contributed by atoms with Gasteiger partial charge < -0.3 is 14.4 Å². The van der Waals surface area contributed by atoms with Gasteiger partial charge in [-0.25, -0.2) is 0 Å². The molecule has 7 heteroatoms. The van der Waals surface area contributed by atoms with Gasteiger partial charge in [-0.3, -0.25) is 19.0 Å². The fraction of sp³-hybridized carbons (Fsp3) is 0.227. The summed E-state index contributed by atoms with van der Waals surface area (Å²) >= 11 is 0. The van der Waals surface area contributed by atoms with Crippen molar-refractivity contribution in [3.63, 3.8) is 0 Å². The normalized spacial score (nSPS) is 13.2. The Labute approximate surface area is 167 Å². The molecule has 1 aliphatic rings. The fourth-order valence-electron chi connectivity index (χ4n) is 3.57. The number of aromatic nitrogens is 1. The molecular weight excluding hydrogens is 372 g/mol. The lowest BCUT2D eigenvalue weighted by molar-refractivity contribution is -0.120. The maximum absolute atomic E-state index is 13.0. The number of amides is 1. The molecule has 2 aromatic carbocycles.